The van der Waals surface area contributed by atoms with Gasteiger partial charge in [-0.15, -0.1) is 22.7 Å². The second kappa shape index (κ2) is 8.01. The number of thiazole rings is 1. The molecule has 0 atom stereocenters. The van der Waals surface area contributed by atoms with Crippen LogP contribution < -0.4 is 5.32 Å². The summed E-state index contributed by atoms with van der Waals surface area (Å²) in [5.74, 6) is -0.439. The van der Waals surface area contributed by atoms with E-state index in [1.54, 1.807) is 18.5 Å². The molecule has 3 aromatic heterocycles. The molecule has 3 aromatic rings. The smallest absolute Gasteiger partial charge is 0.274 e. The number of nitrogens with one attached hydrogen (secondary N) is 1. The van der Waals surface area contributed by atoms with E-state index in [-0.39, 0.29) is 10.6 Å². The summed E-state index contributed by atoms with van der Waals surface area (Å²) in [5.41, 5.74) is 1.55. The second-order valence-corrected chi connectivity index (χ2v) is 11.6. The lowest BCUT2D eigenvalue weighted by molar-refractivity contribution is 0.101. The van der Waals surface area contributed by atoms with Crippen molar-refractivity contribution in [3.8, 4) is 11.3 Å². The van der Waals surface area contributed by atoms with Crippen molar-refractivity contribution in [1.82, 2.24) is 13.9 Å². The monoisotopic (exact) mass is 490 g/mol. The van der Waals surface area contributed by atoms with Gasteiger partial charge in [0.15, 0.2) is 5.13 Å². The number of rotatable bonds is 5. The van der Waals surface area contributed by atoms with Gasteiger partial charge in [0.05, 0.1) is 10.0 Å². The molecule has 0 spiro atoms. The summed E-state index contributed by atoms with van der Waals surface area (Å²) in [6.07, 6.45) is 3.17. The maximum absolute atomic E-state index is 12.7. The van der Waals surface area contributed by atoms with Gasteiger partial charge in [0.1, 0.15) is 14.9 Å². The van der Waals surface area contributed by atoms with Crippen molar-refractivity contribution >= 4 is 66.9 Å². The van der Waals surface area contributed by atoms with Gasteiger partial charge in [0, 0.05) is 37.3 Å². The molecule has 154 valence electrons. The standard InChI is InChI=1S/C17H16Cl2N4O3S3/c1-22-8-10(29(25,26)23-4-2-3-5-23)6-13(22)16(24)21-17-20-12(9-27-17)11-7-14(18)28-15(11)19/h6-9H,2-5H2,1H3,(H,20,21,24). The van der Waals surface area contributed by atoms with Crippen molar-refractivity contribution in [2.45, 2.75) is 17.7 Å². The minimum atomic E-state index is -3.59. The van der Waals surface area contributed by atoms with Gasteiger partial charge in [-0.3, -0.25) is 10.1 Å². The SMILES string of the molecule is Cn1cc(S(=O)(=O)N2CCCC2)cc1C(=O)Nc1nc(-c2cc(Cl)sc2Cl)cs1. The largest absolute Gasteiger partial charge is 0.345 e. The van der Waals surface area contributed by atoms with Gasteiger partial charge in [-0.25, -0.2) is 13.4 Å². The molecular formula is C17H16Cl2N4O3S3. The Labute approximate surface area is 185 Å². The van der Waals surface area contributed by atoms with E-state index < -0.39 is 15.9 Å². The quantitative estimate of drug-likeness (QED) is 0.568. The Morgan fingerprint density at radius 3 is 2.62 bits per heavy atom. The predicted molar refractivity (Wildman–Crippen MR) is 117 cm³/mol. The zero-order valence-electron chi connectivity index (χ0n) is 15.2. The first kappa shape index (κ1) is 20.8. The fourth-order valence-corrected chi connectivity index (χ4v) is 6.89. The lowest BCUT2D eigenvalue weighted by atomic mass is 10.3. The van der Waals surface area contributed by atoms with Gasteiger partial charge in [0.2, 0.25) is 10.0 Å². The molecule has 1 saturated heterocycles. The lowest BCUT2D eigenvalue weighted by Gasteiger charge is -2.13. The summed E-state index contributed by atoms with van der Waals surface area (Å²) in [5, 5.41) is 4.87. The topological polar surface area (TPSA) is 84.3 Å². The third-order valence-corrected chi connectivity index (χ3v) is 8.68. The Kier molecular flexibility index (Phi) is 5.75. The van der Waals surface area contributed by atoms with E-state index in [0.717, 1.165) is 12.8 Å². The van der Waals surface area contributed by atoms with Crippen LogP contribution in [0.5, 0.6) is 0 Å². The van der Waals surface area contributed by atoms with Gasteiger partial charge in [0.25, 0.3) is 5.91 Å². The maximum Gasteiger partial charge on any atom is 0.274 e. The Morgan fingerprint density at radius 1 is 1.24 bits per heavy atom. The summed E-state index contributed by atoms with van der Waals surface area (Å²) >= 11 is 14.6. The number of sulfonamides is 1. The fourth-order valence-electron chi connectivity index (χ4n) is 3.11. The number of thiophene rings is 1. The van der Waals surface area contributed by atoms with Crippen molar-refractivity contribution in [2.75, 3.05) is 18.4 Å². The maximum atomic E-state index is 12.7. The van der Waals surface area contributed by atoms with Gasteiger partial charge >= 0.3 is 0 Å². The number of anilines is 1. The fraction of sp³-hybridized carbons (Fsp3) is 0.294. The van der Waals surface area contributed by atoms with E-state index in [0.29, 0.717) is 38.2 Å². The van der Waals surface area contributed by atoms with Crippen LogP contribution in [-0.4, -0.2) is 41.3 Å². The molecule has 1 fully saturated rings. The van der Waals surface area contributed by atoms with Crippen LogP contribution in [0.2, 0.25) is 8.67 Å². The Hall–Kier alpha value is -1.43. The van der Waals surface area contributed by atoms with Crippen molar-refractivity contribution in [3.63, 3.8) is 0 Å². The second-order valence-electron chi connectivity index (χ2n) is 6.51. The molecule has 12 heteroatoms. The number of aromatic nitrogens is 2. The average molecular weight is 491 g/mol. The predicted octanol–water partition coefficient (Wildman–Crippen LogP) is 4.55. The first-order valence-electron chi connectivity index (χ1n) is 8.64. The average Bonchev–Trinajstić information content (AvgIpc) is 3.42. The summed E-state index contributed by atoms with van der Waals surface area (Å²) in [7, 11) is -1.95. The molecule has 7 nitrogen and oxygen atoms in total. The number of amides is 1. The normalized spacial score (nSPS) is 15.1. The zero-order chi connectivity index (χ0) is 20.8. The van der Waals surface area contributed by atoms with Crippen LogP contribution in [0.4, 0.5) is 5.13 Å². The van der Waals surface area contributed by atoms with Crippen LogP contribution in [0, 0.1) is 0 Å². The number of hydrogen-bond acceptors (Lipinski definition) is 6. The molecule has 1 aliphatic heterocycles. The molecule has 1 aliphatic rings. The van der Waals surface area contributed by atoms with Crippen LogP contribution in [0.3, 0.4) is 0 Å². The first-order chi connectivity index (χ1) is 13.8. The van der Waals surface area contributed by atoms with E-state index >= 15 is 0 Å². The highest BCUT2D eigenvalue weighted by Gasteiger charge is 2.29. The number of aryl methyl sites for hydroxylation is 1. The molecule has 0 bridgehead atoms. The van der Waals surface area contributed by atoms with E-state index in [2.05, 4.69) is 10.3 Å². The van der Waals surface area contributed by atoms with E-state index in [1.165, 1.54) is 43.8 Å². The van der Waals surface area contributed by atoms with Gasteiger partial charge in [-0.1, -0.05) is 23.2 Å². The van der Waals surface area contributed by atoms with Crippen LogP contribution in [0.25, 0.3) is 11.3 Å². The first-order valence-corrected chi connectivity index (χ1v) is 12.5. The number of carbonyl (C=O) groups is 1. The van der Waals surface area contributed by atoms with Crippen LogP contribution >= 0.6 is 45.9 Å². The van der Waals surface area contributed by atoms with E-state index in [4.69, 9.17) is 23.2 Å². The number of halogens is 2. The van der Waals surface area contributed by atoms with Gasteiger partial charge < -0.3 is 4.57 Å². The molecule has 0 saturated carbocycles. The summed E-state index contributed by atoms with van der Waals surface area (Å²) in [6, 6.07) is 3.12. The Balaban J connectivity index is 1.54. The molecule has 4 heterocycles. The highest BCUT2D eigenvalue weighted by atomic mass is 35.5. The third kappa shape index (κ3) is 4.10. The Morgan fingerprint density at radius 2 is 1.97 bits per heavy atom. The van der Waals surface area contributed by atoms with E-state index in [9.17, 15) is 13.2 Å². The molecule has 4 rings (SSSR count). The molecule has 1 amide bonds. The van der Waals surface area contributed by atoms with Crippen molar-refractivity contribution in [2.24, 2.45) is 7.05 Å². The molecule has 1 N–H and O–H groups in total. The Bertz CT molecular complexity index is 1180. The van der Waals surface area contributed by atoms with Crippen LogP contribution in [0.15, 0.2) is 28.6 Å². The minimum absolute atomic E-state index is 0.117. The molecular weight excluding hydrogens is 475 g/mol. The summed E-state index contributed by atoms with van der Waals surface area (Å²) < 4.78 is 29.5. The highest BCUT2D eigenvalue weighted by Crippen LogP contribution is 2.39. The molecule has 29 heavy (non-hydrogen) atoms. The third-order valence-electron chi connectivity index (χ3n) is 4.57. The molecule has 0 aliphatic carbocycles. The van der Waals surface area contributed by atoms with Crippen molar-refractivity contribution in [1.29, 1.82) is 0 Å². The number of hydrogen-bond donors (Lipinski definition) is 1. The summed E-state index contributed by atoms with van der Waals surface area (Å²) in [6.45, 7) is 1.02. The van der Waals surface area contributed by atoms with Gasteiger partial charge in [-0.2, -0.15) is 4.31 Å². The van der Waals surface area contributed by atoms with Crippen LogP contribution in [0.1, 0.15) is 23.3 Å². The van der Waals surface area contributed by atoms with Crippen molar-refractivity contribution in [3.05, 3.63) is 38.1 Å². The number of carbonyl (C=O) groups excluding carboxylic acids is 1. The van der Waals surface area contributed by atoms with Gasteiger partial charge in [-0.05, 0) is 25.0 Å². The van der Waals surface area contributed by atoms with E-state index in [1.807, 2.05) is 0 Å². The molecule has 0 unspecified atom stereocenters. The molecule has 0 radical (unpaired) electrons. The van der Waals surface area contributed by atoms with Crippen LogP contribution in [-0.2, 0) is 17.1 Å². The summed E-state index contributed by atoms with van der Waals surface area (Å²) in [4.78, 5) is 17.2. The highest BCUT2D eigenvalue weighted by molar-refractivity contribution is 7.89. The minimum Gasteiger partial charge on any atom is -0.345 e. The lowest BCUT2D eigenvalue weighted by Crippen LogP contribution is -2.27. The van der Waals surface area contributed by atoms with Crippen molar-refractivity contribution < 1.29 is 13.2 Å². The number of nitrogens with zero attached hydrogens (tertiary/aromatic N) is 3. The zero-order valence-corrected chi connectivity index (χ0v) is 19.1. The molecule has 0 aromatic carbocycles.